The highest BCUT2D eigenvalue weighted by Gasteiger charge is 2.23. The second-order valence-corrected chi connectivity index (χ2v) is 11.2. The van der Waals surface area contributed by atoms with Gasteiger partial charge in [0.15, 0.2) is 19.7 Å². The first-order chi connectivity index (χ1) is 12.0. The zero-order valence-electron chi connectivity index (χ0n) is 13.2. The monoisotopic (exact) mass is 469 g/mol. The Morgan fingerprint density at radius 1 is 0.778 bits per heavy atom. The van der Waals surface area contributed by atoms with Crippen molar-refractivity contribution in [3.63, 3.8) is 0 Å². The molecule has 0 spiro atoms. The van der Waals surface area contributed by atoms with Crippen molar-refractivity contribution in [1.82, 2.24) is 0 Å². The Morgan fingerprint density at radius 2 is 1.22 bits per heavy atom. The van der Waals surface area contributed by atoms with Crippen molar-refractivity contribution >= 4 is 46.2 Å². The van der Waals surface area contributed by atoms with E-state index in [2.05, 4.69) is 8.37 Å². The number of nitrogen functional groups attached to an aromatic ring is 1. The van der Waals surface area contributed by atoms with Crippen LogP contribution in [0.3, 0.4) is 0 Å². The van der Waals surface area contributed by atoms with Crippen LogP contribution in [0.5, 0.6) is 0 Å². The van der Waals surface area contributed by atoms with Gasteiger partial charge in [-0.2, -0.15) is 16.8 Å². The van der Waals surface area contributed by atoms with E-state index in [1.54, 1.807) is 0 Å². The van der Waals surface area contributed by atoms with Crippen molar-refractivity contribution in [2.75, 3.05) is 30.5 Å². The van der Waals surface area contributed by atoms with E-state index in [1.807, 2.05) is 0 Å². The summed E-state index contributed by atoms with van der Waals surface area (Å²) in [4.78, 5) is -1.18. The highest BCUT2D eigenvalue weighted by molar-refractivity contribution is 7.92. The molecule has 17 heteroatoms. The maximum Gasteiger partial charge on any atom is 0.397 e. The van der Waals surface area contributed by atoms with Crippen LogP contribution >= 0.6 is 0 Å². The first kappa shape index (κ1) is 23.7. The standard InChI is InChI=1S/C10H15NO12S4/c11-9-2-1-8(24(12,13)5-3-22-26(16,17)18)7-10(9)25(14,15)6-4-23-27(19,20)21/h1-2,7H,3-6,11H2,(H,16,17,18)(H,19,20,21). The number of hydrogen-bond donors (Lipinski definition) is 3. The Kier molecular flexibility index (Phi) is 7.33. The van der Waals surface area contributed by atoms with Gasteiger partial charge in [0, 0.05) is 0 Å². The van der Waals surface area contributed by atoms with Crippen LogP contribution in [0.15, 0.2) is 28.0 Å². The van der Waals surface area contributed by atoms with E-state index >= 15 is 0 Å². The predicted octanol–water partition coefficient (Wildman–Crippen LogP) is -1.54. The van der Waals surface area contributed by atoms with E-state index in [4.69, 9.17) is 14.8 Å². The van der Waals surface area contributed by atoms with Crippen LogP contribution in [0.25, 0.3) is 0 Å². The Balaban J connectivity index is 3.08. The fourth-order valence-electron chi connectivity index (χ4n) is 1.70. The van der Waals surface area contributed by atoms with E-state index in [-0.39, 0.29) is 5.69 Å². The van der Waals surface area contributed by atoms with Crippen molar-refractivity contribution in [2.24, 2.45) is 0 Å². The summed E-state index contributed by atoms with van der Waals surface area (Å²) >= 11 is 0. The van der Waals surface area contributed by atoms with Crippen molar-refractivity contribution in [2.45, 2.75) is 9.79 Å². The number of nitrogens with two attached hydrogens (primary N) is 1. The van der Waals surface area contributed by atoms with Gasteiger partial charge in [-0.25, -0.2) is 25.2 Å². The van der Waals surface area contributed by atoms with E-state index in [9.17, 15) is 33.7 Å². The van der Waals surface area contributed by atoms with Crippen LogP contribution in [-0.4, -0.2) is 67.5 Å². The molecule has 0 saturated carbocycles. The Bertz CT molecular complexity index is 1100. The third-order valence-corrected chi connectivity index (χ3v) is 7.18. The molecule has 0 unspecified atom stereocenters. The number of sulfone groups is 2. The maximum atomic E-state index is 12.2. The minimum absolute atomic E-state index is 0.338. The molecule has 1 aromatic rings. The zero-order valence-corrected chi connectivity index (χ0v) is 16.5. The quantitative estimate of drug-likeness (QED) is 0.261. The average Bonchev–Trinajstić information content (AvgIpc) is 2.43. The first-order valence-electron chi connectivity index (χ1n) is 6.62. The normalized spacial score (nSPS) is 13.6. The molecule has 27 heavy (non-hydrogen) atoms. The summed E-state index contributed by atoms with van der Waals surface area (Å²) < 4.78 is 115. The smallest absolute Gasteiger partial charge is 0.397 e. The molecule has 0 saturated heterocycles. The van der Waals surface area contributed by atoms with Crippen molar-refractivity contribution < 1.29 is 51.1 Å². The molecule has 0 aliphatic heterocycles. The summed E-state index contributed by atoms with van der Waals surface area (Å²) in [6.45, 7) is -1.87. The first-order valence-corrected chi connectivity index (χ1v) is 12.7. The molecule has 13 nitrogen and oxygen atoms in total. The Morgan fingerprint density at radius 3 is 1.67 bits per heavy atom. The van der Waals surface area contributed by atoms with Gasteiger partial charge in [-0.1, -0.05) is 0 Å². The topological polar surface area (TPSA) is 221 Å². The molecular weight excluding hydrogens is 454 g/mol. The van der Waals surface area contributed by atoms with Gasteiger partial charge in [0.25, 0.3) is 0 Å². The lowest BCUT2D eigenvalue weighted by Gasteiger charge is -2.10. The molecule has 4 N–H and O–H groups in total. The minimum Gasteiger partial charge on any atom is -0.398 e. The van der Waals surface area contributed by atoms with Gasteiger partial charge in [-0.05, 0) is 18.2 Å². The molecule has 0 aromatic heterocycles. The van der Waals surface area contributed by atoms with Crippen molar-refractivity contribution in [1.29, 1.82) is 0 Å². The second kappa shape index (κ2) is 8.35. The summed E-state index contributed by atoms with van der Waals surface area (Å²) in [5.41, 5.74) is 5.18. The SMILES string of the molecule is Nc1ccc(S(=O)(=O)CCOS(=O)(=O)O)cc1S(=O)(=O)CCOS(=O)(=O)O. The fourth-order valence-corrected chi connectivity index (χ4v) is 4.94. The second-order valence-electron chi connectivity index (χ2n) is 4.84. The maximum absolute atomic E-state index is 12.2. The molecule has 0 aliphatic rings. The number of hydrogen-bond acceptors (Lipinski definition) is 11. The third-order valence-electron chi connectivity index (χ3n) is 2.85. The van der Waals surface area contributed by atoms with Gasteiger partial charge in [0.2, 0.25) is 0 Å². The van der Waals surface area contributed by atoms with Crippen LogP contribution in [0.2, 0.25) is 0 Å². The number of benzene rings is 1. The molecule has 156 valence electrons. The lowest BCUT2D eigenvalue weighted by atomic mass is 10.3. The van der Waals surface area contributed by atoms with Crippen LogP contribution in [-0.2, 0) is 48.8 Å². The molecule has 0 aliphatic carbocycles. The molecular formula is C10H15NO12S4. The lowest BCUT2D eigenvalue weighted by molar-refractivity contribution is 0.282. The van der Waals surface area contributed by atoms with Gasteiger partial charge in [0.1, 0.15) is 0 Å². The van der Waals surface area contributed by atoms with Crippen molar-refractivity contribution in [3.8, 4) is 0 Å². The molecule has 0 heterocycles. The van der Waals surface area contributed by atoms with Gasteiger partial charge >= 0.3 is 20.8 Å². The minimum atomic E-state index is -4.87. The predicted molar refractivity (Wildman–Crippen MR) is 90.0 cm³/mol. The summed E-state index contributed by atoms with van der Waals surface area (Å²) in [5.74, 6) is -1.84. The van der Waals surface area contributed by atoms with Gasteiger partial charge in [0.05, 0.1) is 40.2 Å². The van der Waals surface area contributed by atoms with Crippen molar-refractivity contribution in [3.05, 3.63) is 18.2 Å². The molecule has 0 bridgehead atoms. The van der Waals surface area contributed by atoms with E-state index in [1.165, 1.54) is 0 Å². The zero-order chi connectivity index (χ0) is 21.1. The number of anilines is 1. The van der Waals surface area contributed by atoms with E-state index in [0.717, 1.165) is 12.1 Å². The molecule has 1 aromatic carbocycles. The van der Waals surface area contributed by atoms with E-state index < -0.39 is 75.0 Å². The summed E-state index contributed by atoms with van der Waals surface area (Å²) in [7, 11) is -18.2. The van der Waals surface area contributed by atoms with Crippen LogP contribution < -0.4 is 5.73 Å². The molecule has 0 radical (unpaired) electrons. The van der Waals surface area contributed by atoms with Crippen LogP contribution in [0, 0.1) is 0 Å². The largest absolute Gasteiger partial charge is 0.398 e. The summed E-state index contributed by atoms with van der Waals surface area (Å²) in [6.07, 6.45) is 0. The number of rotatable bonds is 10. The molecule has 0 amide bonds. The fraction of sp³-hybridized carbons (Fsp3) is 0.400. The summed E-state index contributed by atoms with van der Waals surface area (Å²) in [5, 5.41) is 0. The Hall–Kier alpha value is -1.34. The third kappa shape index (κ3) is 8.05. The van der Waals surface area contributed by atoms with Gasteiger partial charge in [-0.3, -0.25) is 9.11 Å². The molecule has 1 rings (SSSR count). The Labute approximate surface area is 155 Å². The van der Waals surface area contributed by atoms with E-state index in [0.29, 0.717) is 6.07 Å². The highest BCUT2D eigenvalue weighted by Crippen LogP contribution is 2.24. The molecule has 0 fully saturated rings. The van der Waals surface area contributed by atoms with Gasteiger partial charge < -0.3 is 5.73 Å². The van der Waals surface area contributed by atoms with Crippen LogP contribution in [0.4, 0.5) is 5.69 Å². The van der Waals surface area contributed by atoms with Crippen LogP contribution in [0.1, 0.15) is 0 Å². The summed E-state index contributed by atoms with van der Waals surface area (Å²) in [6, 6.07) is 2.62. The average molecular weight is 469 g/mol. The molecule has 0 atom stereocenters. The lowest BCUT2D eigenvalue weighted by Crippen LogP contribution is -2.18. The highest BCUT2D eigenvalue weighted by atomic mass is 32.3. The van der Waals surface area contributed by atoms with Gasteiger partial charge in [-0.15, -0.1) is 0 Å².